The Bertz CT molecular complexity index is 956. The Balaban J connectivity index is 1.76. The van der Waals surface area contributed by atoms with Crippen LogP contribution in [0.4, 0.5) is 26.3 Å². The molecule has 2 aromatic rings. The van der Waals surface area contributed by atoms with Gasteiger partial charge in [-0.2, -0.15) is 26.3 Å². The number of rotatable bonds is 6. The largest absolute Gasteiger partial charge is 0.416 e. The Kier molecular flexibility index (Phi) is 6.59. The van der Waals surface area contributed by atoms with E-state index in [-0.39, 0.29) is 24.0 Å². The molecule has 0 aromatic heterocycles. The Morgan fingerprint density at radius 3 is 2.26 bits per heavy atom. The predicted molar refractivity (Wildman–Crippen MR) is 103 cm³/mol. The van der Waals surface area contributed by atoms with Gasteiger partial charge in [0.1, 0.15) is 0 Å². The molecular weight excluding hydrogens is 422 g/mol. The third-order valence-corrected chi connectivity index (χ3v) is 5.10. The number of hydrogen-bond acceptors (Lipinski definition) is 2. The zero-order chi connectivity index (χ0) is 22.8. The summed E-state index contributed by atoms with van der Waals surface area (Å²) in [7, 11) is 0. The second kappa shape index (κ2) is 8.86. The van der Waals surface area contributed by atoms with Crippen LogP contribution in [0, 0.1) is 0 Å². The summed E-state index contributed by atoms with van der Waals surface area (Å²) in [6, 6.07) is 6.99. The fourth-order valence-corrected chi connectivity index (χ4v) is 3.48. The molecule has 1 unspecified atom stereocenters. The van der Waals surface area contributed by atoms with E-state index in [1.54, 1.807) is 19.1 Å². The predicted octanol–water partition coefficient (Wildman–Crippen LogP) is 6.92. The average molecular weight is 442 g/mol. The van der Waals surface area contributed by atoms with Gasteiger partial charge in [0.2, 0.25) is 0 Å². The number of ether oxygens (including phenoxy) is 1. The number of carbonyl (C=O) groups is 1. The standard InChI is InChI=1S/C23H20F6O2/c1-2-19(30)6-3-14-4-7-20-16(9-14)5-8-21(20)31-13-15-10-17(22(24,25)26)12-18(11-15)23(27,28)29/h3-4,6-7,9-12,21H,2,5,8,13H2,1H3/b6-3+. The zero-order valence-corrected chi connectivity index (χ0v) is 16.6. The molecule has 0 radical (unpaired) electrons. The Morgan fingerprint density at radius 2 is 1.68 bits per heavy atom. The molecule has 31 heavy (non-hydrogen) atoms. The molecule has 2 aromatic carbocycles. The van der Waals surface area contributed by atoms with Crippen LogP contribution in [0.15, 0.2) is 42.5 Å². The van der Waals surface area contributed by atoms with Gasteiger partial charge in [0.15, 0.2) is 5.78 Å². The van der Waals surface area contributed by atoms with E-state index in [0.717, 1.165) is 16.7 Å². The fraction of sp³-hybridized carbons (Fsp3) is 0.348. The van der Waals surface area contributed by atoms with E-state index in [4.69, 9.17) is 4.74 Å². The third kappa shape index (κ3) is 5.76. The van der Waals surface area contributed by atoms with Crippen LogP contribution in [0.1, 0.15) is 59.3 Å². The number of hydrogen-bond donors (Lipinski definition) is 0. The summed E-state index contributed by atoms with van der Waals surface area (Å²) in [5.74, 6) is 0.000946. The minimum atomic E-state index is -4.89. The topological polar surface area (TPSA) is 26.3 Å². The van der Waals surface area contributed by atoms with Crippen LogP contribution >= 0.6 is 0 Å². The molecule has 0 fully saturated rings. The van der Waals surface area contributed by atoms with Crippen LogP contribution in [-0.4, -0.2) is 5.78 Å². The second-order valence-electron chi connectivity index (χ2n) is 7.36. The van der Waals surface area contributed by atoms with Crippen LogP contribution in [0.5, 0.6) is 0 Å². The molecule has 0 saturated carbocycles. The summed E-state index contributed by atoms with van der Waals surface area (Å²) in [5.41, 5.74) is -0.225. The Hall–Kier alpha value is -2.61. The average Bonchev–Trinajstić information content (AvgIpc) is 3.11. The first-order valence-corrected chi connectivity index (χ1v) is 9.71. The summed E-state index contributed by atoms with van der Waals surface area (Å²) in [5, 5.41) is 0. The van der Waals surface area contributed by atoms with Gasteiger partial charge in [0.25, 0.3) is 0 Å². The van der Waals surface area contributed by atoms with E-state index in [1.165, 1.54) is 6.08 Å². The molecule has 3 rings (SSSR count). The normalized spacial score (nSPS) is 16.7. The smallest absolute Gasteiger partial charge is 0.369 e. The highest BCUT2D eigenvalue weighted by Crippen LogP contribution is 2.38. The fourth-order valence-electron chi connectivity index (χ4n) is 3.48. The van der Waals surface area contributed by atoms with Crippen molar-refractivity contribution in [2.75, 3.05) is 0 Å². The molecule has 0 spiro atoms. The van der Waals surface area contributed by atoms with Gasteiger partial charge >= 0.3 is 12.4 Å². The lowest BCUT2D eigenvalue weighted by atomic mass is 10.0. The number of carbonyl (C=O) groups excluding carboxylic acids is 1. The Labute approximate surface area is 175 Å². The van der Waals surface area contributed by atoms with Gasteiger partial charge in [0.05, 0.1) is 23.8 Å². The van der Waals surface area contributed by atoms with Gasteiger partial charge in [-0.15, -0.1) is 0 Å². The highest BCUT2D eigenvalue weighted by molar-refractivity contribution is 5.93. The van der Waals surface area contributed by atoms with Crippen LogP contribution < -0.4 is 0 Å². The molecule has 1 aliphatic rings. The first kappa shape index (κ1) is 23.1. The van der Waals surface area contributed by atoms with Crippen molar-refractivity contribution >= 4 is 11.9 Å². The van der Waals surface area contributed by atoms with E-state index >= 15 is 0 Å². The van der Waals surface area contributed by atoms with Crippen LogP contribution in [0.3, 0.4) is 0 Å². The molecule has 8 heteroatoms. The maximum Gasteiger partial charge on any atom is 0.416 e. The van der Waals surface area contributed by atoms with Gasteiger partial charge in [-0.1, -0.05) is 31.2 Å². The van der Waals surface area contributed by atoms with E-state index in [1.807, 2.05) is 12.1 Å². The van der Waals surface area contributed by atoms with Crippen LogP contribution in [0.25, 0.3) is 6.08 Å². The number of halogens is 6. The van der Waals surface area contributed by atoms with Crippen molar-refractivity contribution in [3.05, 3.63) is 75.9 Å². The molecule has 1 atom stereocenters. The SMILES string of the molecule is CCC(=O)/C=C/c1ccc2c(c1)CCC2OCc1cc(C(F)(F)F)cc(C(F)(F)F)c1. The minimum absolute atomic E-state index is 0.000946. The number of ketones is 1. The molecule has 2 nitrogen and oxygen atoms in total. The zero-order valence-electron chi connectivity index (χ0n) is 16.6. The summed E-state index contributed by atoms with van der Waals surface area (Å²) in [6.45, 7) is 1.39. The van der Waals surface area contributed by atoms with Crippen molar-refractivity contribution in [1.82, 2.24) is 0 Å². The lowest BCUT2D eigenvalue weighted by Gasteiger charge is -2.17. The number of allylic oxidation sites excluding steroid dienone is 1. The van der Waals surface area contributed by atoms with Crippen molar-refractivity contribution in [2.24, 2.45) is 0 Å². The number of fused-ring (bicyclic) bond motifs is 1. The Morgan fingerprint density at radius 1 is 1.03 bits per heavy atom. The van der Waals surface area contributed by atoms with Crippen LogP contribution in [0.2, 0.25) is 0 Å². The highest BCUT2D eigenvalue weighted by atomic mass is 19.4. The summed E-state index contributed by atoms with van der Waals surface area (Å²) in [4.78, 5) is 11.4. The molecule has 0 amide bonds. The van der Waals surface area contributed by atoms with Crippen molar-refractivity contribution in [3.8, 4) is 0 Å². The number of benzene rings is 2. The monoisotopic (exact) mass is 442 g/mol. The first-order valence-electron chi connectivity index (χ1n) is 9.71. The molecule has 0 saturated heterocycles. The molecule has 1 aliphatic carbocycles. The van der Waals surface area contributed by atoms with E-state index in [9.17, 15) is 31.1 Å². The second-order valence-corrected chi connectivity index (χ2v) is 7.36. The molecule has 0 heterocycles. The van der Waals surface area contributed by atoms with E-state index in [2.05, 4.69) is 0 Å². The molecule has 0 bridgehead atoms. The van der Waals surface area contributed by atoms with Crippen molar-refractivity contribution in [2.45, 2.75) is 51.2 Å². The summed E-state index contributed by atoms with van der Waals surface area (Å²) >= 11 is 0. The first-order chi connectivity index (χ1) is 14.5. The lowest BCUT2D eigenvalue weighted by molar-refractivity contribution is -0.143. The molecular formula is C23H20F6O2. The van der Waals surface area contributed by atoms with Crippen molar-refractivity contribution in [1.29, 1.82) is 0 Å². The molecule has 166 valence electrons. The van der Waals surface area contributed by atoms with Crippen molar-refractivity contribution < 1.29 is 35.9 Å². The maximum absolute atomic E-state index is 13.0. The minimum Gasteiger partial charge on any atom is -0.369 e. The van der Waals surface area contributed by atoms with Gasteiger partial charge in [-0.05, 0) is 59.4 Å². The molecule has 0 N–H and O–H groups in total. The highest BCUT2D eigenvalue weighted by Gasteiger charge is 2.37. The molecule has 0 aliphatic heterocycles. The quantitative estimate of drug-likeness (QED) is 0.359. The van der Waals surface area contributed by atoms with E-state index < -0.39 is 29.6 Å². The van der Waals surface area contributed by atoms with E-state index in [0.29, 0.717) is 31.4 Å². The number of alkyl halides is 6. The van der Waals surface area contributed by atoms with Crippen LogP contribution in [-0.2, 0) is 34.9 Å². The van der Waals surface area contributed by atoms with Gasteiger partial charge in [-0.25, -0.2) is 0 Å². The summed E-state index contributed by atoms with van der Waals surface area (Å²) < 4.78 is 83.8. The van der Waals surface area contributed by atoms with Crippen molar-refractivity contribution in [3.63, 3.8) is 0 Å². The summed E-state index contributed by atoms with van der Waals surface area (Å²) in [6.07, 6.45) is -5.35. The maximum atomic E-state index is 13.0. The third-order valence-electron chi connectivity index (χ3n) is 5.10. The van der Waals surface area contributed by atoms with Gasteiger partial charge in [0, 0.05) is 6.42 Å². The van der Waals surface area contributed by atoms with Gasteiger partial charge < -0.3 is 4.74 Å². The number of aryl methyl sites for hydroxylation is 1. The lowest BCUT2D eigenvalue weighted by Crippen LogP contribution is -2.12. The van der Waals surface area contributed by atoms with Gasteiger partial charge in [-0.3, -0.25) is 4.79 Å².